The summed E-state index contributed by atoms with van der Waals surface area (Å²) in [6, 6.07) is 0. The molecule has 0 fully saturated rings. The zero-order valence-electron chi connectivity index (χ0n) is 8.23. The summed E-state index contributed by atoms with van der Waals surface area (Å²) in [5.74, 6) is -3.63. The lowest BCUT2D eigenvalue weighted by Crippen LogP contribution is -2.31. The Morgan fingerprint density at radius 1 is 1.33 bits per heavy atom. The maximum absolute atomic E-state index is 12.5. The molecule has 0 aromatic heterocycles. The molecule has 0 aliphatic heterocycles. The van der Waals surface area contributed by atoms with Crippen LogP contribution in [0.3, 0.4) is 0 Å². The molecule has 0 aliphatic rings. The molecule has 0 N–H and O–H groups in total. The van der Waals surface area contributed by atoms with Gasteiger partial charge in [-0.25, -0.2) is 4.39 Å². The predicted molar refractivity (Wildman–Crippen MR) is 51.9 cm³/mol. The smallest absolute Gasteiger partial charge is 0.315 e. The van der Waals surface area contributed by atoms with E-state index in [2.05, 4.69) is 22.9 Å². The average molecular weight is 247 g/mol. The summed E-state index contributed by atoms with van der Waals surface area (Å²) in [4.78, 5) is 0. The van der Waals surface area contributed by atoms with Gasteiger partial charge < -0.3 is 9.47 Å². The molecule has 0 radical (unpaired) electrons. The monoisotopic (exact) mass is 246 g/mol. The molecule has 0 rings (SSSR count). The van der Waals surface area contributed by atoms with Gasteiger partial charge in [0.1, 0.15) is 6.61 Å². The van der Waals surface area contributed by atoms with Crippen LogP contribution >= 0.6 is 11.6 Å². The number of unbranched alkanes of at least 4 members (excludes halogenated alkanes) is 1. The lowest BCUT2D eigenvalue weighted by Gasteiger charge is -2.15. The van der Waals surface area contributed by atoms with Gasteiger partial charge in [0.25, 0.3) is 0 Å². The Morgan fingerprint density at radius 2 is 1.93 bits per heavy atom. The van der Waals surface area contributed by atoms with Crippen LogP contribution in [0.5, 0.6) is 0 Å². The minimum absolute atomic E-state index is 0.125. The van der Waals surface area contributed by atoms with Gasteiger partial charge in [0.05, 0.1) is 12.9 Å². The molecule has 0 bridgehead atoms. The number of halogens is 4. The van der Waals surface area contributed by atoms with Gasteiger partial charge >= 0.3 is 5.92 Å². The van der Waals surface area contributed by atoms with Gasteiger partial charge in [0.15, 0.2) is 0 Å². The van der Waals surface area contributed by atoms with Crippen molar-refractivity contribution in [2.45, 2.75) is 24.4 Å². The van der Waals surface area contributed by atoms with E-state index >= 15 is 0 Å². The van der Waals surface area contributed by atoms with E-state index in [4.69, 9.17) is 4.74 Å². The van der Waals surface area contributed by atoms with Crippen molar-refractivity contribution in [1.82, 2.24) is 0 Å². The van der Waals surface area contributed by atoms with Crippen molar-refractivity contribution in [2.24, 2.45) is 0 Å². The van der Waals surface area contributed by atoms with Crippen LogP contribution in [0.2, 0.25) is 0 Å². The molecule has 0 aliphatic carbocycles. The second-order valence-electron chi connectivity index (χ2n) is 2.86. The zero-order chi connectivity index (χ0) is 11.7. The topological polar surface area (TPSA) is 18.5 Å². The van der Waals surface area contributed by atoms with Crippen molar-refractivity contribution in [3.63, 3.8) is 0 Å². The van der Waals surface area contributed by atoms with Crippen LogP contribution in [0.25, 0.3) is 0 Å². The van der Waals surface area contributed by atoms with E-state index in [1.807, 2.05) is 0 Å². The summed E-state index contributed by atoms with van der Waals surface area (Å²) >= 11 is 4.62. The van der Waals surface area contributed by atoms with Gasteiger partial charge in [-0.2, -0.15) is 8.78 Å². The molecule has 0 spiro atoms. The third-order valence-electron chi connectivity index (χ3n) is 1.53. The molecule has 1 unspecified atom stereocenters. The standard InChI is InChI=1S/C9H14ClF3O2/c1-2-14-5-3-4-6-15-7-9(12,13)8(10)11/h2,8H,1,3-7H2. The fraction of sp³-hybridized carbons (Fsp3) is 0.778. The minimum Gasteiger partial charge on any atom is -0.502 e. The van der Waals surface area contributed by atoms with Crippen molar-refractivity contribution in [3.05, 3.63) is 12.8 Å². The maximum atomic E-state index is 12.5. The molecule has 0 saturated carbocycles. The summed E-state index contributed by atoms with van der Waals surface area (Å²) in [6.07, 6.45) is 2.52. The van der Waals surface area contributed by atoms with Gasteiger partial charge in [-0.3, -0.25) is 0 Å². The number of hydrogen-bond donors (Lipinski definition) is 0. The third kappa shape index (κ3) is 7.50. The van der Waals surface area contributed by atoms with E-state index in [1.165, 1.54) is 6.26 Å². The number of rotatable bonds is 9. The highest BCUT2D eigenvalue weighted by Crippen LogP contribution is 2.24. The Morgan fingerprint density at radius 3 is 2.47 bits per heavy atom. The summed E-state index contributed by atoms with van der Waals surface area (Å²) in [5.41, 5.74) is -2.71. The van der Waals surface area contributed by atoms with E-state index in [0.717, 1.165) is 0 Å². The molecule has 15 heavy (non-hydrogen) atoms. The predicted octanol–water partition coefficient (Wildman–Crippen LogP) is 3.11. The first-order chi connectivity index (χ1) is 7.00. The Labute approximate surface area is 92.0 Å². The lowest BCUT2D eigenvalue weighted by molar-refractivity contribution is -0.103. The number of alkyl halides is 4. The summed E-state index contributed by atoms with van der Waals surface area (Å²) in [6.45, 7) is 2.92. The quantitative estimate of drug-likeness (QED) is 0.354. The van der Waals surface area contributed by atoms with Crippen molar-refractivity contribution < 1.29 is 22.6 Å². The largest absolute Gasteiger partial charge is 0.502 e. The van der Waals surface area contributed by atoms with Crippen molar-refractivity contribution in [2.75, 3.05) is 19.8 Å². The van der Waals surface area contributed by atoms with E-state index in [-0.39, 0.29) is 6.61 Å². The Hall–Kier alpha value is -0.420. The van der Waals surface area contributed by atoms with Crippen LogP contribution in [0, 0.1) is 0 Å². The molecular formula is C9H14ClF3O2. The first-order valence-corrected chi connectivity index (χ1v) is 4.90. The fourth-order valence-corrected chi connectivity index (χ4v) is 0.807. The van der Waals surface area contributed by atoms with E-state index in [9.17, 15) is 13.2 Å². The molecule has 2 nitrogen and oxygen atoms in total. The van der Waals surface area contributed by atoms with Gasteiger partial charge in [0.2, 0.25) is 5.63 Å². The number of ether oxygens (including phenoxy) is 2. The van der Waals surface area contributed by atoms with Gasteiger partial charge in [-0.1, -0.05) is 18.2 Å². The van der Waals surface area contributed by atoms with E-state index in [1.54, 1.807) is 0 Å². The summed E-state index contributed by atoms with van der Waals surface area (Å²) < 4.78 is 46.5. The van der Waals surface area contributed by atoms with Crippen LogP contribution < -0.4 is 0 Å². The number of hydrogen-bond acceptors (Lipinski definition) is 2. The van der Waals surface area contributed by atoms with Gasteiger partial charge in [0, 0.05) is 6.61 Å². The second-order valence-corrected chi connectivity index (χ2v) is 3.24. The SMILES string of the molecule is C=COCCCCOCC(F)(F)C(F)Cl. The Bertz CT molecular complexity index is 177. The van der Waals surface area contributed by atoms with Gasteiger partial charge in [-0.05, 0) is 12.8 Å². The summed E-state index contributed by atoms with van der Waals surface area (Å²) in [7, 11) is 0. The Balaban J connectivity index is 3.34. The molecule has 6 heteroatoms. The zero-order valence-corrected chi connectivity index (χ0v) is 8.98. The maximum Gasteiger partial charge on any atom is 0.315 e. The van der Waals surface area contributed by atoms with E-state index < -0.39 is 18.2 Å². The van der Waals surface area contributed by atoms with Crippen molar-refractivity contribution >= 4 is 11.6 Å². The first-order valence-electron chi connectivity index (χ1n) is 4.47. The van der Waals surface area contributed by atoms with Crippen LogP contribution in [-0.4, -0.2) is 31.4 Å². The first kappa shape index (κ1) is 14.6. The molecule has 0 amide bonds. The molecule has 0 saturated heterocycles. The third-order valence-corrected chi connectivity index (χ3v) is 1.85. The molecule has 90 valence electrons. The van der Waals surface area contributed by atoms with Crippen LogP contribution in [0.1, 0.15) is 12.8 Å². The van der Waals surface area contributed by atoms with Crippen LogP contribution in [-0.2, 0) is 9.47 Å². The fourth-order valence-electron chi connectivity index (χ4n) is 0.744. The lowest BCUT2D eigenvalue weighted by atomic mass is 10.3. The second kappa shape index (κ2) is 7.82. The Kier molecular flexibility index (Phi) is 7.60. The normalized spacial score (nSPS) is 13.6. The summed E-state index contributed by atoms with van der Waals surface area (Å²) in [5, 5.41) is 0. The molecule has 0 heterocycles. The van der Waals surface area contributed by atoms with Crippen molar-refractivity contribution in [3.8, 4) is 0 Å². The van der Waals surface area contributed by atoms with Crippen LogP contribution in [0.4, 0.5) is 13.2 Å². The minimum atomic E-state index is -3.63. The highest BCUT2D eigenvalue weighted by molar-refractivity contribution is 6.20. The van der Waals surface area contributed by atoms with E-state index in [0.29, 0.717) is 19.4 Å². The average Bonchev–Trinajstić information content (AvgIpc) is 2.16. The highest BCUT2D eigenvalue weighted by Gasteiger charge is 2.39. The highest BCUT2D eigenvalue weighted by atomic mass is 35.5. The van der Waals surface area contributed by atoms with Crippen LogP contribution in [0.15, 0.2) is 12.8 Å². The molecule has 0 aromatic carbocycles. The molecule has 1 atom stereocenters. The van der Waals surface area contributed by atoms with Crippen molar-refractivity contribution in [1.29, 1.82) is 0 Å². The molecule has 0 aromatic rings. The molecular weight excluding hydrogens is 233 g/mol. The van der Waals surface area contributed by atoms with Gasteiger partial charge in [-0.15, -0.1) is 0 Å².